The summed E-state index contributed by atoms with van der Waals surface area (Å²) in [5.41, 5.74) is 0.889. The van der Waals surface area contributed by atoms with Crippen molar-refractivity contribution in [1.82, 2.24) is 0 Å². The Morgan fingerprint density at radius 3 is 2.73 bits per heavy atom. The van der Waals surface area contributed by atoms with Crippen LogP contribution in [0.2, 0.25) is 0 Å². The maximum atomic E-state index is 11.0. The van der Waals surface area contributed by atoms with Crippen LogP contribution in [-0.4, -0.2) is 12.4 Å². The van der Waals surface area contributed by atoms with Crippen LogP contribution >= 0.6 is 0 Å². The molecule has 0 N–H and O–H groups in total. The average Bonchev–Trinajstić information content (AvgIpc) is 2.22. The number of esters is 1. The second-order valence-corrected chi connectivity index (χ2v) is 2.79. The molecule has 4 nitrogen and oxygen atoms in total. The molecule has 0 saturated heterocycles. The van der Waals surface area contributed by atoms with Gasteiger partial charge in [-0.25, -0.2) is 4.79 Å². The van der Waals surface area contributed by atoms with Crippen LogP contribution in [0.15, 0.2) is 30.9 Å². The van der Waals surface area contributed by atoms with Crippen LogP contribution in [0.3, 0.4) is 0 Å². The fraction of sp³-hybridized carbons (Fsp3) is 0.0909. The number of hydrogen-bond donors (Lipinski definition) is 0. The third-order valence-corrected chi connectivity index (χ3v) is 1.65. The van der Waals surface area contributed by atoms with E-state index >= 15 is 0 Å². The van der Waals surface area contributed by atoms with E-state index in [0.29, 0.717) is 0 Å². The molecule has 1 aromatic rings. The summed E-state index contributed by atoms with van der Waals surface area (Å²) in [6.45, 7) is 5.37. The van der Waals surface area contributed by atoms with Crippen molar-refractivity contribution in [2.45, 2.75) is 6.92 Å². The highest BCUT2D eigenvalue weighted by Gasteiger charge is 2.08. The van der Waals surface area contributed by atoms with Crippen molar-refractivity contribution in [3.63, 3.8) is 0 Å². The fourth-order valence-electron chi connectivity index (χ4n) is 0.994. The first kappa shape index (κ1) is 11.0. The molecular weight excluding hydrogens is 196 g/mol. The largest absolute Gasteiger partial charge is 0.425 e. The summed E-state index contributed by atoms with van der Waals surface area (Å²) >= 11 is 0. The summed E-state index contributed by atoms with van der Waals surface area (Å²) in [7, 11) is 0. The number of carbonyl (C=O) groups is 2. The molecule has 0 aromatic heterocycles. The van der Waals surface area contributed by atoms with Gasteiger partial charge in [0.05, 0.1) is 0 Å². The minimum atomic E-state index is -0.601. The molecular formula is C11H10O4. The zero-order valence-corrected chi connectivity index (χ0v) is 8.23. The Morgan fingerprint density at radius 2 is 2.13 bits per heavy atom. The fourth-order valence-corrected chi connectivity index (χ4v) is 0.994. The van der Waals surface area contributed by atoms with Gasteiger partial charge in [-0.3, -0.25) is 4.79 Å². The first-order chi connectivity index (χ1) is 7.17. The Balaban J connectivity index is 3.00. The summed E-state index contributed by atoms with van der Waals surface area (Å²) in [6.07, 6.45) is 1.03. The molecule has 0 unspecified atom stereocenters. The van der Waals surface area contributed by atoms with E-state index in [9.17, 15) is 9.59 Å². The van der Waals surface area contributed by atoms with Crippen molar-refractivity contribution in [3.8, 4) is 11.5 Å². The maximum absolute atomic E-state index is 11.0. The van der Waals surface area contributed by atoms with Gasteiger partial charge in [-0.2, -0.15) is 0 Å². The number of aryl methyl sites for hydroxylation is 1. The molecule has 78 valence electrons. The number of carbonyl (C=O) groups excluding carboxylic acids is 2. The second kappa shape index (κ2) is 4.95. The summed E-state index contributed by atoms with van der Waals surface area (Å²) in [5, 5.41) is 0. The lowest BCUT2D eigenvalue weighted by Crippen LogP contribution is -2.05. The number of ether oxygens (including phenoxy) is 2. The molecule has 0 aliphatic carbocycles. The standard InChI is InChI=1S/C11H10O4/c1-3-11(13)15-10-6-8(2)4-5-9(10)14-7-12/h3-7H,1H2,2H3. The predicted octanol–water partition coefficient (Wildman–Crippen LogP) is 1.62. The maximum Gasteiger partial charge on any atom is 0.335 e. The molecule has 0 atom stereocenters. The monoisotopic (exact) mass is 206 g/mol. The lowest BCUT2D eigenvalue weighted by atomic mass is 10.2. The van der Waals surface area contributed by atoms with Crippen LogP contribution in [-0.2, 0) is 9.59 Å². The van der Waals surface area contributed by atoms with Gasteiger partial charge in [-0.15, -0.1) is 0 Å². The van der Waals surface area contributed by atoms with Crippen LogP contribution in [0.25, 0.3) is 0 Å². The molecule has 0 aliphatic rings. The first-order valence-corrected chi connectivity index (χ1v) is 4.22. The molecule has 0 radical (unpaired) electrons. The smallest absolute Gasteiger partial charge is 0.335 e. The highest BCUT2D eigenvalue weighted by molar-refractivity contribution is 5.84. The van der Waals surface area contributed by atoms with Gasteiger partial charge in [0.25, 0.3) is 6.47 Å². The molecule has 0 fully saturated rings. The molecule has 15 heavy (non-hydrogen) atoms. The topological polar surface area (TPSA) is 52.6 Å². The van der Waals surface area contributed by atoms with E-state index in [1.807, 2.05) is 6.92 Å². The van der Waals surface area contributed by atoms with Crippen molar-refractivity contribution >= 4 is 12.4 Å². The highest BCUT2D eigenvalue weighted by atomic mass is 16.6. The Labute approximate surface area is 87.1 Å². The second-order valence-electron chi connectivity index (χ2n) is 2.79. The minimum Gasteiger partial charge on any atom is -0.425 e. The van der Waals surface area contributed by atoms with E-state index in [1.165, 1.54) is 0 Å². The van der Waals surface area contributed by atoms with Crippen molar-refractivity contribution < 1.29 is 19.1 Å². The lowest BCUT2D eigenvalue weighted by Gasteiger charge is -2.07. The van der Waals surface area contributed by atoms with Gasteiger partial charge in [-0.05, 0) is 24.6 Å². The van der Waals surface area contributed by atoms with E-state index in [4.69, 9.17) is 4.74 Å². The predicted molar refractivity (Wildman–Crippen MR) is 53.7 cm³/mol. The van der Waals surface area contributed by atoms with Gasteiger partial charge in [0.1, 0.15) is 0 Å². The Bertz CT molecular complexity index is 396. The highest BCUT2D eigenvalue weighted by Crippen LogP contribution is 2.27. The molecule has 0 bridgehead atoms. The van der Waals surface area contributed by atoms with E-state index < -0.39 is 5.97 Å². The number of rotatable bonds is 4. The number of benzene rings is 1. The summed E-state index contributed by atoms with van der Waals surface area (Å²) in [4.78, 5) is 21.1. The van der Waals surface area contributed by atoms with E-state index in [2.05, 4.69) is 11.3 Å². The van der Waals surface area contributed by atoms with E-state index in [1.54, 1.807) is 18.2 Å². The Hall–Kier alpha value is -2.10. The third kappa shape index (κ3) is 2.95. The molecule has 0 aliphatic heterocycles. The van der Waals surface area contributed by atoms with Crippen LogP contribution < -0.4 is 9.47 Å². The van der Waals surface area contributed by atoms with Crippen molar-refractivity contribution in [1.29, 1.82) is 0 Å². The van der Waals surface area contributed by atoms with Crippen molar-refractivity contribution in [3.05, 3.63) is 36.4 Å². The van der Waals surface area contributed by atoms with Crippen LogP contribution in [0.1, 0.15) is 5.56 Å². The van der Waals surface area contributed by atoms with Crippen LogP contribution in [0.4, 0.5) is 0 Å². The Morgan fingerprint density at radius 1 is 1.40 bits per heavy atom. The summed E-state index contributed by atoms with van der Waals surface area (Å²) < 4.78 is 9.53. The molecule has 0 saturated carbocycles. The zero-order valence-electron chi connectivity index (χ0n) is 8.23. The van der Waals surface area contributed by atoms with Gasteiger partial charge in [0.2, 0.25) is 0 Å². The zero-order chi connectivity index (χ0) is 11.3. The SMILES string of the molecule is C=CC(=O)Oc1cc(C)ccc1OC=O. The summed E-state index contributed by atoms with van der Waals surface area (Å²) in [5.74, 6) is -0.200. The normalized spacial score (nSPS) is 9.13. The van der Waals surface area contributed by atoms with E-state index in [-0.39, 0.29) is 18.0 Å². The van der Waals surface area contributed by atoms with Gasteiger partial charge in [0.15, 0.2) is 11.5 Å². The molecule has 0 heterocycles. The van der Waals surface area contributed by atoms with Crippen LogP contribution in [0.5, 0.6) is 11.5 Å². The number of hydrogen-bond acceptors (Lipinski definition) is 4. The minimum absolute atomic E-state index is 0.200. The molecule has 0 spiro atoms. The van der Waals surface area contributed by atoms with Crippen molar-refractivity contribution in [2.75, 3.05) is 0 Å². The molecule has 1 aromatic carbocycles. The summed E-state index contributed by atoms with van der Waals surface area (Å²) in [6, 6.07) is 4.89. The average molecular weight is 206 g/mol. The Kier molecular flexibility index (Phi) is 3.62. The van der Waals surface area contributed by atoms with Gasteiger partial charge in [0, 0.05) is 6.08 Å². The van der Waals surface area contributed by atoms with E-state index in [0.717, 1.165) is 11.6 Å². The molecule has 4 heteroatoms. The lowest BCUT2D eigenvalue weighted by molar-refractivity contribution is -0.129. The van der Waals surface area contributed by atoms with Gasteiger partial charge >= 0.3 is 5.97 Å². The quantitative estimate of drug-likeness (QED) is 0.325. The van der Waals surface area contributed by atoms with Crippen LogP contribution in [0, 0.1) is 6.92 Å². The van der Waals surface area contributed by atoms with Gasteiger partial charge in [-0.1, -0.05) is 12.6 Å². The molecule has 1 rings (SSSR count). The first-order valence-electron chi connectivity index (χ1n) is 4.22. The van der Waals surface area contributed by atoms with Crippen molar-refractivity contribution in [2.24, 2.45) is 0 Å². The van der Waals surface area contributed by atoms with Gasteiger partial charge < -0.3 is 9.47 Å². The molecule has 0 amide bonds. The third-order valence-electron chi connectivity index (χ3n) is 1.65.